The molecule has 0 spiro atoms. The molecule has 1 aromatic carbocycles. The highest BCUT2D eigenvalue weighted by atomic mass is 16.6. The number of aromatic nitrogens is 1. The minimum atomic E-state index is -0.401. The first kappa shape index (κ1) is 12.8. The minimum absolute atomic E-state index is 0.0499. The Morgan fingerprint density at radius 1 is 1.35 bits per heavy atom. The first-order valence-corrected chi connectivity index (χ1v) is 6.57. The van der Waals surface area contributed by atoms with Gasteiger partial charge in [-0.2, -0.15) is 0 Å². The van der Waals surface area contributed by atoms with Gasteiger partial charge in [0, 0.05) is 23.8 Å². The molecule has 0 aliphatic heterocycles. The highest BCUT2D eigenvalue weighted by molar-refractivity contribution is 5.94. The van der Waals surface area contributed by atoms with Crippen molar-refractivity contribution in [2.45, 2.75) is 18.9 Å². The predicted octanol–water partition coefficient (Wildman–Crippen LogP) is 2.26. The van der Waals surface area contributed by atoms with Crippen LogP contribution in [0.3, 0.4) is 0 Å². The van der Waals surface area contributed by atoms with Crippen molar-refractivity contribution < 1.29 is 9.66 Å². The van der Waals surface area contributed by atoms with Crippen LogP contribution in [0.4, 0.5) is 5.69 Å². The quantitative estimate of drug-likeness (QED) is 0.681. The molecule has 0 saturated heterocycles. The fraction of sp³-hybridized carbons (Fsp3) is 0.357. The number of pyridine rings is 1. The minimum Gasteiger partial charge on any atom is -0.490 e. The van der Waals surface area contributed by atoms with Crippen molar-refractivity contribution in [2.75, 3.05) is 6.54 Å². The summed E-state index contributed by atoms with van der Waals surface area (Å²) >= 11 is 0. The second kappa shape index (κ2) is 5.05. The lowest BCUT2D eigenvalue weighted by atomic mass is 9.82. The first-order valence-electron chi connectivity index (χ1n) is 6.57. The third kappa shape index (κ3) is 2.18. The average Bonchev–Trinajstić information content (AvgIpc) is 2.41. The van der Waals surface area contributed by atoms with Gasteiger partial charge in [-0.25, -0.2) is 0 Å². The summed E-state index contributed by atoms with van der Waals surface area (Å²) in [5, 5.41) is 12.3. The van der Waals surface area contributed by atoms with E-state index >= 15 is 0 Å². The molecule has 1 heterocycles. The molecular formula is C14H15N3O3. The van der Waals surface area contributed by atoms with Crippen molar-refractivity contribution >= 4 is 16.5 Å². The van der Waals surface area contributed by atoms with Crippen LogP contribution in [-0.2, 0) is 0 Å². The van der Waals surface area contributed by atoms with Crippen molar-refractivity contribution in [1.29, 1.82) is 0 Å². The zero-order valence-electron chi connectivity index (χ0n) is 10.9. The number of rotatable bonds is 4. The van der Waals surface area contributed by atoms with E-state index in [4.69, 9.17) is 10.5 Å². The van der Waals surface area contributed by atoms with Gasteiger partial charge in [0.15, 0.2) is 0 Å². The van der Waals surface area contributed by atoms with E-state index in [1.807, 2.05) is 0 Å². The topological polar surface area (TPSA) is 91.3 Å². The number of nitro groups is 1. The largest absolute Gasteiger partial charge is 0.490 e. The number of benzene rings is 1. The molecule has 3 rings (SSSR count). The monoisotopic (exact) mass is 273 g/mol. The van der Waals surface area contributed by atoms with Crippen LogP contribution in [-0.4, -0.2) is 22.6 Å². The van der Waals surface area contributed by atoms with Crippen LogP contribution >= 0.6 is 0 Å². The summed E-state index contributed by atoms with van der Waals surface area (Å²) in [6.07, 6.45) is 5.16. The van der Waals surface area contributed by atoms with Gasteiger partial charge < -0.3 is 10.5 Å². The fourth-order valence-corrected chi connectivity index (χ4v) is 2.55. The lowest BCUT2D eigenvalue weighted by Crippen LogP contribution is -2.37. The van der Waals surface area contributed by atoms with Gasteiger partial charge in [0.05, 0.1) is 16.4 Å². The Morgan fingerprint density at radius 3 is 2.85 bits per heavy atom. The summed E-state index contributed by atoms with van der Waals surface area (Å²) in [4.78, 5) is 14.6. The molecule has 0 bridgehead atoms. The standard InChI is InChI=1S/C14H15N3O3/c15-7-9-5-10(6-9)20-14-2-1-13(17(18)19)12-8-16-4-3-11(12)14/h1-4,8-10H,5-7,15H2. The van der Waals surface area contributed by atoms with Crippen molar-refractivity contribution in [1.82, 2.24) is 4.98 Å². The van der Waals surface area contributed by atoms with Crippen LogP contribution in [0.5, 0.6) is 5.75 Å². The van der Waals surface area contributed by atoms with E-state index in [1.54, 1.807) is 18.3 Å². The summed E-state index contributed by atoms with van der Waals surface area (Å²) in [5.41, 5.74) is 5.64. The normalized spacial score (nSPS) is 21.4. The first-order chi connectivity index (χ1) is 9.69. The summed E-state index contributed by atoms with van der Waals surface area (Å²) < 4.78 is 5.92. The number of ether oxygens (including phenoxy) is 1. The number of nitrogens with two attached hydrogens (primary N) is 1. The van der Waals surface area contributed by atoms with Gasteiger partial charge in [0.2, 0.25) is 0 Å². The van der Waals surface area contributed by atoms with E-state index in [0.29, 0.717) is 23.6 Å². The van der Waals surface area contributed by atoms with Crippen LogP contribution in [0.25, 0.3) is 10.8 Å². The van der Waals surface area contributed by atoms with E-state index in [2.05, 4.69) is 4.98 Å². The Hall–Kier alpha value is -2.21. The van der Waals surface area contributed by atoms with Gasteiger partial charge in [0.25, 0.3) is 5.69 Å². The van der Waals surface area contributed by atoms with E-state index in [1.165, 1.54) is 12.3 Å². The predicted molar refractivity (Wildman–Crippen MR) is 74.6 cm³/mol. The average molecular weight is 273 g/mol. The van der Waals surface area contributed by atoms with Gasteiger partial charge in [-0.05, 0) is 37.4 Å². The second-order valence-electron chi connectivity index (χ2n) is 5.07. The third-order valence-corrected chi connectivity index (χ3v) is 3.77. The molecule has 1 aliphatic rings. The molecule has 2 N–H and O–H groups in total. The van der Waals surface area contributed by atoms with Gasteiger partial charge in [-0.15, -0.1) is 0 Å². The van der Waals surface area contributed by atoms with Crippen LogP contribution in [0, 0.1) is 16.0 Å². The Morgan fingerprint density at radius 2 is 2.15 bits per heavy atom. The molecule has 2 aromatic rings. The Labute approximate surface area is 115 Å². The molecule has 20 heavy (non-hydrogen) atoms. The Bertz CT molecular complexity index is 653. The molecular weight excluding hydrogens is 258 g/mol. The number of nitrogens with zero attached hydrogens (tertiary/aromatic N) is 2. The van der Waals surface area contributed by atoms with Crippen molar-refractivity contribution in [3.05, 3.63) is 40.7 Å². The molecule has 0 atom stereocenters. The molecule has 0 amide bonds. The maximum absolute atomic E-state index is 11.0. The molecule has 6 nitrogen and oxygen atoms in total. The molecule has 1 aliphatic carbocycles. The van der Waals surface area contributed by atoms with Crippen molar-refractivity contribution in [3.63, 3.8) is 0 Å². The Balaban J connectivity index is 1.92. The number of hydrogen-bond acceptors (Lipinski definition) is 5. The van der Waals surface area contributed by atoms with E-state index < -0.39 is 4.92 Å². The molecule has 6 heteroatoms. The smallest absolute Gasteiger partial charge is 0.279 e. The Kier molecular flexibility index (Phi) is 3.23. The number of fused-ring (bicyclic) bond motifs is 1. The zero-order chi connectivity index (χ0) is 14.1. The van der Waals surface area contributed by atoms with Crippen LogP contribution < -0.4 is 10.5 Å². The lowest BCUT2D eigenvalue weighted by Gasteiger charge is -2.34. The summed E-state index contributed by atoms with van der Waals surface area (Å²) in [6.45, 7) is 0.685. The van der Waals surface area contributed by atoms with Crippen molar-refractivity contribution in [3.8, 4) is 5.75 Å². The van der Waals surface area contributed by atoms with Crippen LogP contribution in [0.2, 0.25) is 0 Å². The highest BCUT2D eigenvalue weighted by Gasteiger charge is 2.30. The summed E-state index contributed by atoms with van der Waals surface area (Å²) in [6, 6.07) is 4.88. The van der Waals surface area contributed by atoms with Crippen LogP contribution in [0.15, 0.2) is 30.6 Å². The van der Waals surface area contributed by atoms with Crippen LogP contribution in [0.1, 0.15) is 12.8 Å². The maximum atomic E-state index is 11.0. The lowest BCUT2D eigenvalue weighted by molar-refractivity contribution is -0.383. The number of nitro benzene ring substituents is 1. The summed E-state index contributed by atoms with van der Waals surface area (Å²) in [5.74, 6) is 1.21. The third-order valence-electron chi connectivity index (χ3n) is 3.77. The molecule has 104 valence electrons. The SMILES string of the molecule is NCC1CC(Oc2ccc([N+](=O)[O-])c3cnccc23)C1. The highest BCUT2D eigenvalue weighted by Crippen LogP contribution is 2.36. The van der Waals surface area contributed by atoms with E-state index in [9.17, 15) is 10.1 Å². The molecule has 1 saturated carbocycles. The molecule has 1 fully saturated rings. The van der Waals surface area contributed by atoms with Gasteiger partial charge in [0.1, 0.15) is 5.75 Å². The van der Waals surface area contributed by atoms with E-state index in [0.717, 1.165) is 18.2 Å². The number of hydrogen-bond donors (Lipinski definition) is 1. The molecule has 0 radical (unpaired) electrons. The second-order valence-corrected chi connectivity index (χ2v) is 5.07. The van der Waals surface area contributed by atoms with E-state index in [-0.39, 0.29) is 11.8 Å². The van der Waals surface area contributed by atoms with Gasteiger partial charge >= 0.3 is 0 Å². The number of non-ortho nitro benzene ring substituents is 1. The van der Waals surface area contributed by atoms with Crippen molar-refractivity contribution in [2.24, 2.45) is 11.7 Å². The van der Waals surface area contributed by atoms with Gasteiger partial charge in [-0.1, -0.05) is 0 Å². The fourth-order valence-electron chi connectivity index (χ4n) is 2.55. The molecule has 1 aromatic heterocycles. The summed E-state index contributed by atoms with van der Waals surface area (Å²) in [7, 11) is 0. The maximum Gasteiger partial charge on any atom is 0.279 e. The van der Waals surface area contributed by atoms with Gasteiger partial charge in [-0.3, -0.25) is 15.1 Å². The molecule has 0 unspecified atom stereocenters. The zero-order valence-corrected chi connectivity index (χ0v) is 10.9.